The van der Waals surface area contributed by atoms with Crippen molar-refractivity contribution in [2.45, 2.75) is 44.0 Å². The summed E-state index contributed by atoms with van der Waals surface area (Å²) >= 11 is 6.10. The van der Waals surface area contributed by atoms with Gasteiger partial charge < -0.3 is 4.90 Å². The maximum atomic E-state index is 14.4. The summed E-state index contributed by atoms with van der Waals surface area (Å²) in [6.07, 6.45) is 1.39. The Balaban J connectivity index is 2.02. The average Bonchev–Trinajstić information content (AvgIpc) is 2.59. The van der Waals surface area contributed by atoms with Gasteiger partial charge in [-0.3, -0.25) is 4.79 Å². The van der Waals surface area contributed by atoms with Crippen LogP contribution in [0.25, 0.3) is 0 Å². The van der Waals surface area contributed by atoms with Gasteiger partial charge in [0.05, 0.1) is 10.7 Å². The van der Waals surface area contributed by atoms with Crippen LogP contribution in [0.2, 0.25) is 5.02 Å². The number of amides is 1. The maximum Gasteiger partial charge on any atom is 0.258 e. The van der Waals surface area contributed by atoms with Gasteiger partial charge in [0.1, 0.15) is 10.7 Å². The Morgan fingerprint density at radius 3 is 2.61 bits per heavy atom. The number of halogens is 2. The van der Waals surface area contributed by atoms with Gasteiger partial charge in [0.25, 0.3) is 5.91 Å². The Labute approximate surface area is 169 Å². The number of hydrogen-bond donors (Lipinski definition) is 1. The van der Waals surface area contributed by atoms with Crippen LogP contribution in [0.15, 0.2) is 41.3 Å². The molecule has 0 aliphatic carbocycles. The van der Waals surface area contributed by atoms with E-state index in [4.69, 9.17) is 11.6 Å². The summed E-state index contributed by atoms with van der Waals surface area (Å²) < 4.78 is 42.3. The predicted octanol–water partition coefficient (Wildman–Crippen LogP) is 4.15. The average molecular weight is 425 g/mol. The molecule has 5 nitrogen and oxygen atoms in total. The number of carbonyl (C=O) groups excluding carboxylic acids is 1. The Morgan fingerprint density at radius 1 is 1.21 bits per heavy atom. The largest absolute Gasteiger partial charge is 0.305 e. The monoisotopic (exact) mass is 424 g/mol. The highest BCUT2D eigenvalue weighted by Gasteiger charge is 2.29. The molecular formula is C20H22ClFN2O3S. The lowest BCUT2D eigenvalue weighted by atomic mass is 10.0. The molecule has 8 heteroatoms. The number of carbonyl (C=O) groups is 1. The van der Waals surface area contributed by atoms with Gasteiger partial charge in [-0.25, -0.2) is 17.5 Å². The first-order valence-electron chi connectivity index (χ1n) is 8.92. The summed E-state index contributed by atoms with van der Waals surface area (Å²) in [5.41, 5.74) is 0.438. The predicted molar refractivity (Wildman–Crippen MR) is 108 cm³/mol. The molecule has 1 amide bonds. The van der Waals surface area contributed by atoms with Gasteiger partial charge in [-0.15, -0.1) is 0 Å². The first kappa shape index (κ1) is 20.8. The van der Waals surface area contributed by atoms with Gasteiger partial charge in [0.2, 0.25) is 10.0 Å². The molecule has 0 spiro atoms. The van der Waals surface area contributed by atoms with Crippen LogP contribution in [0.3, 0.4) is 0 Å². The standard InChI is InChI=1S/C20H22ClFN2O3S/c1-20(2,3)23-28(26,27)17-12-14(9-10-15(17)21)19(25)24-11-5-7-13-6-4-8-16(22)18(13)24/h4,6,8-10,12,23H,5,7,11H2,1-3H3. The fourth-order valence-corrected chi connectivity index (χ4v) is 5.21. The Hall–Kier alpha value is -1.96. The fourth-order valence-electron chi connectivity index (χ4n) is 3.26. The van der Waals surface area contributed by atoms with Crippen LogP contribution in [-0.4, -0.2) is 26.4 Å². The summed E-state index contributed by atoms with van der Waals surface area (Å²) in [6, 6.07) is 8.80. The SMILES string of the molecule is CC(C)(C)NS(=O)(=O)c1cc(C(=O)N2CCCc3cccc(F)c32)ccc1Cl. The number of nitrogens with zero attached hydrogens (tertiary/aromatic N) is 1. The van der Waals surface area contributed by atoms with E-state index < -0.39 is 27.3 Å². The second-order valence-electron chi connectivity index (χ2n) is 7.81. The van der Waals surface area contributed by atoms with E-state index in [0.717, 1.165) is 5.56 Å². The molecule has 1 heterocycles. The van der Waals surface area contributed by atoms with Crippen LogP contribution in [0, 0.1) is 5.82 Å². The number of nitrogens with one attached hydrogen (secondary N) is 1. The molecule has 1 N–H and O–H groups in total. The van der Waals surface area contributed by atoms with Crippen molar-refractivity contribution in [3.05, 3.63) is 58.4 Å². The highest BCUT2D eigenvalue weighted by Crippen LogP contribution is 2.32. The third-order valence-electron chi connectivity index (χ3n) is 4.32. The molecule has 28 heavy (non-hydrogen) atoms. The summed E-state index contributed by atoms with van der Waals surface area (Å²) in [4.78, 5) is 14.3. The number of aryl methyl sites for hydroxylation is 1. The zero-order chi connectivity index (χ0) is 20.7. The van der Waals surface area contributed by atoms with Crippen LogP contribution in [0.1, 0.15) is 43.1 Å². The second-order valence-corrected chi connectivity index (χ2v) is 9.87. The van der Waals surface area contributed by atoms with Crippen LogP contribution in [0.4, 0.5) is 10.1 Å². The first-order valence-corrected chi connectivity index (χ1v) is 10.8. The van der Waals surface area contributed by atoms with Crippen LogP contribution in [0.5, 0.6) is 0 Å². The van der Waals surface area contributed by atoms with Crippen LogP contribution >= 0.6 is 11.6 Å². The molecule has 0 atom stereocenters. The van der Waals surface area contributed by atoms with Crippen molar-refractivity contribution in [3.63, 3.8) is 0 Å². The first-order chi connectivity index (χ1) is 13.0. The minimum Gasteiger partial charge on any atom is -0.305 e. The lowest BCUT2D eigenvalue weighted by Crippen LogP contribution is -2.40. The van der Waals surface area contributed by atoms with E-state index in [1.807, 2.05) is 0 Å². The molecule has 1 aliphatic rings. The molecule has 3 rings (SSSR count). The number of hydrogen-bond acceptors (Lipinski definition) is 3. The number of benzene rings is 2. The third-order valence-corrected chi connectivity index (χ3v) is 6.56. The zero-order valence-electron chi connectivity index (χ0n) is 15.9. The van der Waals surface area contributed by atoms with E-state index in [1.54, 1.807) is 32.9 Å². The van der Waals surface area contributed by atoms with E-state index in [-0.39, 0.29) is 21.2 Å². The lowest BCUT2D eigenvalue weighted by Gasteiger charge is -2.30. The minimum absolute atomic E-state index is 0.0125. The van der Waals surface area contributed by atoms with E-state index in [9.17, 15) is 17.6 Å². The van der Waals surface area contributed by atoms with Crippen molar-refractivity contribution in [1.82, 2.24) is 4.72 Å². The van der Waals surface area contributed by atoms with E-state index in [2.05, 4.69) is 4.72 Å². The molecule has 0 saturated carbocycles. The van der Waals surface area contributed by atoms with Crippen molar-refractivity contribution >= 4 is 33.2 Å². The number of fused-ring (bicyclic) bond motifs is 1. The van der Waals surface area contributed by atoms with Gasteiger partial charge in [-0.2, -0.15) is 0 Å². The third kappa shape index (κ3) is 4.21. The number of sulfonamides is 1. The Morgan fingerprint density at radius 2 is 1.93 bits per heavy atom. The molecule has 150 valence electrons. The Kier molecular flexibility index (Phi) is 5.53. The topological polar surface area (TPSA) is 66.5 Å². The van der Waals surface area contributed by atoms with Crippen LogP contribution < -0.4 is 9.62 Å². The summed E-state index contributed by atoms with van der Waals surface area (Å²) in [5, 5.41) is 0.0125. The fraction of sp³-hybridized carbons (Fsp3) is 0.350. The molecule has 0 unspecified atom stereocenters. The number of rotatable bonds is 3. The molecule has 0 radical (unpaired) electrons. The smallest absolute Gasteiger partial charge is 0.258 e. The molecule has 0 fully saturated rings. The van der Waals surface area contributed by atoms with Crippen molar-refractivity contribution in [2.75, 3.05) is 11.4 Å². The summed E-state index contributed by atoms with van der Waals surface area (Å²) in [7, 11) is -3.93. The molecule has 2 aromatic carbocycles. The van der Waals surface area contributed by atoms with Crippen molar-refractivity contribution < 1.29 is 17.6 Å². The molecule has 0 saturated heterocycles. The van der Waals surface area contributed by atoms with Crippen molar-refractivity contribution in [3.8, 4) is 0 Å². The summed E-state index contributed by atoms with van der Waals surface area (Å²) in [6.45, 7) is 5.49. The van der Waals surface area contributed by atoms with Gasteiger partial charge in [-0.1, -0.05) is 23.7 Å². The molecule has 0 aromatic heterocycles. The van der Waals surface area contributed by atoms with E-state index in [1.165, 1.54) is 29.2 Å². The normalized spacial score (nSPS) is 14.7. The Bertz CT molecular complexity index is 1030. The zero-order valence-corrected chi connectivity index (χ0v) is 17.5. The van der Waals surface area contributed by atoms with Crippen molar-refractivity contribution in [2.24, 2.45) is 0 Å². The number of para-hydroxylation sites is 1. The van der Waals surface area contributed by atoms with Crippen LogP contribution in [-0.2, 0) is 16.4 Å². The second kappa shape index (κ2) is 7.46. The molecule has 1 aliphatic heterocycles. The van der Waals surface area contributed by atoms with Gasteiger partial charge in [0, 0.05) is 17.6 Å². The van der Waals surface area contributed by atoms with Gasteiger partial charge in [-0.05, 0) is 63.4 Å². The van der Waals surface area contributed by atoms with E-state index in [0.29, 0.717) is 19.4 Å². The van der Waals surface area contributed by atoms with Gasteiger partial charge in [0.15, 0.2) is 0 Å². The van der Waals surface area contributed by atoms with Gasteiger partial charge >= 0.3 is 0 Å². The molecule has 0 bridgehead atoms. The minimum atomic E-state index is -3.93. The molecule has 2 aromatic rings. The highest BCUT2D eigenvalue weighted by molar-refractivity contribution is 7.89. The summed E-state index contributed by atoms with van der Waals surface area (Å²) in [5.74, 6) is -0.934. The lowest BCUT2D eigenvalue weighted by molar-refractivity contribution is 0.0984. The maximum absolute atomic E-state index is 14.4. The highest BCUT2D eigenvalue weighted by atomic mass is 35.5. The van der Waals surface area contributed by atoms with E-state index >= 15 is 0 Å². The number of anilines is 1. The molecular weight excluding hydrogens is 403 g/mol. The quantitative estimate of drug-likeness (QED) is 0.804. The van der Waals surface area contributed by atoms with Crippen molar-refractivity contribution in [1.29, 1.82) is 0 Å².